The van der Waals surface area contributed by atoms with Gasteiger partial charge >= 0.3 is 11.9 Å². The van der Waals surface area contributed by atoms with Gasteiger partial charge in [0.05, 0.1) is 0 Å². The van der Waals surface area contributed by atoms with Crippen molar-refractivity contribution in [3.05, 3.63) is 0 Å². The normalized spacial score (nSPS) is 12.6. The number of hydrogen-bond donors (Lipinski definition) is 6. The molecule has 0 fully saturated rings. The molecule has 0 aliphatic carbocycles. The summed E-state index contributed by atoms with van der Waals surface area (Å²) in [6, 6.07) is -2.37. The van der Waals surface area contributed by atoms with Crippen LogP contribution in [0.25, 0.3) is 0 Å². The molecule has 0 aromatic rings. The molecule has 12 heteroatoms. The van der Waals surface area contributed by atoms with E-state index in [1.807, 2.05) is 0 Å². The molecule has 0 rings (SSSR count). The maximum Gasteiger partial charge on any atom is 0.322 e. The van der Waals surface area contributed by atoms with Gasteiger partial charge in [-0.15, -0.1) is 0 Å². The summed E-state index contributed by atoms with van der Waals surface area (Å²) in [6.45, 7) is 1.46. The second kappa shape index (κ2) is 12.1. The molecule has 25 heavy (non-hydrogen) atoms. The van der Waals surface area contributed by atoms with Crippen LogP contribution in [-0.2, 0) is 19.2 Å². The topological polar surface area (TPSA) is 188 Å². The lowest BCUT2D eigenvalue weighted by Gasteiger charge is -2.17. The maximum absolute atomic E-state index is 11.9. The molecule has 0 spiro atoms. The van der Waals surface area contributed by atoms with E-state index in [0.717, 1.165) is 11.8 Å². The first-order valence-electron chi connectivity index (χ1n) is 7.35. The Bertz CT molecular complexity index is 515. The lowest BCUT2D eigenvalue weighted by Crippen LogP contribution is -2.49. The summed E-state index contributed by atoms with van der Waals surface area (Å²) < 4.78 is 0. The van der Waals surface area contributed by atoms with Crippen LogP contribution < -0.4 is 21.7 Å². The molecule has 0 aliphatic rings. The number of carboxylic acid groups (broad SMARTS) is 2. The Labute approximate surface area is 148 Å². The van der Waals surface area contributed by atoms with Gasteiger partial charge in [0.1, 0.15) is 18.6 Å². The van der Waals surface area contributed by atoms with E-state index >= 15 is 0 Å². The van der Waals surface area contributed by atoms with Crippen LogP contribution in [0, 0.1) is 0 Å². The number of amides is 3. The predicted octanol–water partition coefficient (Wildman–Crippen LogP) is -1.67. The molecular formula is C13H22N4O7S. The molecule has 0 aromatic heterocycles. The number of rotatable bonds is 11. The van der Waals surface area contributed by atoms with E-state index in [-0.39, 0.29) is 18.6 Å². The average molecular weight is 378 g/mol. The number of thioether (sulfide) groups is 1. The first kappa shape index (κ1) is 22.7. The number of aliphatic carboxylic acids is 2. The van der Waals surface area contributed by atoms with Crippen LogP contribution in [0.2, 0.25) is 0 Å². The number of carboxylic acids is 2. The fraction of sp³-hybridized carbons (Fsp3) is 0.615. The first-order chi connectivity index (χ1) is 11.7. The van der Waals surface area contributed by atoms with Gasteiger partial charge in [0.2, 0.25) is 11.8 Å². The van der Waals surface area contributed by atoms with E-state index < -0.39 is 47.6 Å². The number of hydrogen-bond acceptors (Lipinski definition) is 7. The second-order valence-electron chi connectivity index (χ2n) is 4.84. The van der Waals surface area contributed by atoms with Crippen molar-refractivity contribution in [2.24, 2.45) is 5.73 Å². The van der Waals surface area contributed by atoms with Crippen molar-refractivity contribution in [3.63, 3.8) is 0 Å². The van der Waals surface area contributed by atoms with Crippen molar-refractivity contribution in [1.29, 1.82) is 0 Å². The van der Waals surface area contributed by atoms with Gasteiger partial charge in [-0.1, -0.05) is 11.8 Å². The summed E-state index contributed by atoms with van der Waals surface area (Å²) in [4.78, 5) is 56.3. The van der Waals surface area contributed by atoms with Crippen LogP contribution in [0.5, 0.6) is 0 Å². The van der Waals surface area contributed by atoms with Gasteiger partial charge in [-0.25, -0.2) is 0 Å². The molecular weight excluding hydrogens is 356 g/mol. The van der Waals surface area contributed by atoms with E-state index in [2.05, 4.69) is 16.0 Å². The molecule has 2 unspecified atom stereocenters. The van der Waals surface area contributed by atoms with E-state index in [1.165, 1.54) is 0 Å². The van der Waals surface area contributed by atoms with Crippen molar-refractivity contribution in [2.75, 3.05) is 18.8 Å². The number of nitrogens with one attached hydrogen (secondary N) is 3. The Morgan fingerprint density at radius 1 is 1.12 bits per heavy atom. The Morgan fingerprint density at radius 2 is 1.76 bits per heavy atom. The Hall–Kier alpha value is -2.34. The first-order valence-corrected chi connectivity index (χ1v) is 8.33. The van der Waals surface area contributed by atoms with Crippen LogP contribution in [0.1, 0.15) is 19.8 Å². The average Bonchev–Trinajstić information content (AvgIpc) is 2.54. The van der Waals surface area contributed by atoms with Gasteiger partial charge in [-0.3, -0.25) is 24.0 Å². The highest BCUT2D eigenvalue weighted by atomic mass is 32.2. The van der Waals surface area contributed by atoms with Gasteiger partial charge in [-0.05, 0) is 13.3 Å². The summed E-state index contributed by atoms with van der Waals surface area (Å²) in [6.07, 6.45) is -0.365. The van der Waals surface area contributed by atoms with E-state index in [4.69, 9.17) is 15.9 Å². The summed E-state index contributed by atoms with van der Waals surface area (Å²) in [5, 5.41) is 23.8. The highest BCUT2D eigenvalue weighted by molar-refractivity contribution is 8.13. The minimum absolute atomic E-state index is 0.117. The largest absolute Gasteiger partial charge is 0.480 e. The van der Waals surface area contributed by atoms with Crippen LogP contribution in [0.3, 0.4) is 0 Å². The maximum atomic E-state index is 11.9. The molecule has 7 N–H and O–H groups in total. The van der Waals surface area contributed by atoms with Gasteiger partial charge in [0.15, 0.2) is 0 Å². The van der Waals surface area contributed by atoms with Crippen LogP contribution >= 0.6 is 11.8 Å². The third-order valence-corrected chi connectivity index (χ3v) is 3.67. The minimum atomic E-state index is -1.26. The highest BCUT2D eigenvalue weighted by Crippen LogP contribution is 2.06. The third kappa shape index (κ3) is 10.9. The molecule has 0 aliphatic heterocycles. The summed E-state index contributed by atoms with van der Waals surface area (Å²) in [7, 11) is 0. The second-order valence-corrected chi connectivity index (χ2v) is 5.84. The smallest absolute Gasteiger partial charge is 0.322 e. The van der Waals surface area contributed by atoms with Crippen LogP contribution in [-0.4, -0.2) is 70.1 Å². The fourth-order valence-electron chi connectivity index (χ4n) is 1.50. The zero-order chi connectivity index (χ0) is 19.4. The predicted molar refractivity (Wildman–Crippen MR) is 89.0 cm³/mol. The van der Waals surface area contributed by atoms with Crippen molar-refractivity contribution in [1.82, 2.24) is 16.0 Å². The SMILES string of the molecule is CCNC(=O)SCC(NC(=O)CCC(N)C(=O)O)C(=O)NCC(=O)O. The van der Waals surface area contributed by atoms with Gasteiger partial charge in [0, 0.05) is 18.7 Å². The molecule has 0 radical (unpaired) electrons. The molecule has 11 nitrogen and oxygen atoms in total. The van der Waals surface area contributed by atoms with Crippen LogP contribution in [0.4, 0.5) is 4.79 Å². The molecule has 142 valence electrons. The van der Waals surface area contributed by atoms with Crippen LogP contribution in [0.15, 0.2) is 0 Å². The molecule has 0 aromatic carbocycles. The van der Waals surface area contributed by atoms with E-state index in [0.29, 0.717) is 6.54 Å². The van der Waals surface area contributed by atoms with Crippen molar-refractivity contribution >= 4 is 40.8 Å². The molecule has 0 bridgehead atoms. The highest BCUT2D eigenvalue weighted by Gasteiger charge is 2.23. The lowest BCUT2D eigenvalue weighted by molar-refractivity contribution is -0.139. The number of carbonyl (C=O) groups excluding carboxylic acids is 3. The Balaban J connectivity index is 4.66. The van der Waals surface area contributed by atoms with Crippen molar-refractivity contribution in [2.45, 2.75) is 31.8 Å². The Kier molecular flexibility index (Phi) is 11.0. The van der Waals surface area contributed by atoms with Gasteiger partial charge < -0.3 is 31.9 Å². The molecule has 0 saturated carbocycles. The van der Waals surface area contributed by atoms with E-state index in [1.54, 1.807) is 6.92 Å². The number of carbonyl (C=O) groups is 5. The van der Waals surface area contributed by atoms with Gasteiger partial charge in [-0.2, -0.15) is 0 Å². The lowest BCUT2D eigenvalue weighted by atomic mass is 10.1. The summed E-state index contributed by atoms with van der Waals surface area (Å²) in [5.74, 6) is -4.04. The summed E-state index contributed by atoms with van der Waals surface area (Å²) in [5.41, 5.74) is 5.29. The molecule has 0 saturated heterocycles. The zero-order valence-corrected chi connectivity index (χ0v) is 14.4. The Morgan fingerprint density at radius 3 is 2.28 bits per heavy atom. The van der Waals surface area contributed by atoms with Crippen molar-refractivity contribution < 1.29 is 34.2 Å². The molecule has 2 atom stereocenters. The number of nitrogens with two attached hydrogens (primary N) is 1. The van der Waals surface area contributed by atoms with Crippen molar-refractivity contribution in [3.8, 4) is 0 Å². The summed E-state index contributed by atoms with van der Waals surface area (Å²) >= 11 is 0.751. The van der Waals surface area contributed by atoms with Gasteiger partial charge in [0.25, 0.3) is 5.24 Å². The molecule has 0 heterocycles. The minimum Gasteiger partial charge on any atom is -0.480 e. The zero-order valence-electron chi connectivity index (χ0n) is 13.6. The monoisotopic (exact) mass is 378 g/mol. The third-order valence-electron chi connectivity index (χ3n) is 2.77. The quantitative estimate of drug-likeness (QED) is 0.244. The van der Waals surface area contributed by atoms with E-state index in [9.17, 15) is 24.0 Å². The fourth-order valence-corrected chi connectivity index (χ4v) is 2.30. The molecule has 3 amide bonds. The standard InChI is InChI=1S/C13H22N4O7S/c1-2-15-13(24)25-6-8(11(21)16-5-10(19)20)17-9(18)4-3-7(14)12(22)23/h7-8H,2-6,14H2,1H3,(H,15,24)(H,16,21)(H,17,18)(H,19,20)(H,22,23).